The molecule has 0 aliphatic carbocycles. The van der Waals surface area contributed by atoms with Crippen molar-refractivity contribution in [2.45, 2.75) is 13.5 Å². The van der Waals surface area contributed by atoms with Crippen molar-refractivity contribution in [1.29, 1.82) is 0 Å². The molecule has 0 saturated heterocycles. The number of carbonyl (C=O) groups excluding carboxylic acids is 1. The van der Waals surface area contributed by atoms with Gasteiger partial charge in [0.1, 0.15) is 12.0 Å². The highest BCUT2D eigenvalue weighted by atomic mass is 16.6. The van der Waals surface area contributed by atoms with Crippen LogP contribution in [0.2, 0.25) is 0 Å². The molecule has 0 aliphatic rings. The van der Waals surface area contributed by atoms with E-state index in [-0.39, 0.29) is 17.1 Å². The number of hydrogen-bond acceptors (Lipinski definition) is 7. The molecule has 0 aromatic carbocycles. The lowest BCUT2D eigenvalue weighted by molar-refractivity contribution is -0.385. The van der Waals surface area contributed by atoms with Crippen molar-refractivity contribution in [3.8, 4) is 5.88 Å². The monoisotopic (exact) mass is 317 g/mol. The van der Waals surface area contributed by atoms with E-state index in [9.17, 15) is 14.9 Å². The van der Waals surface area contributed by atoms with Gasteiger partial charge in [-0.1, -0.05) is 0 Å². The highest BCUT2D eigenvalue weighted by Crippen LogP contribution is 2.19. The van der Waals surface area contributed by atoms with Crippen LogP contribution in [0.1, 0.15) is 22.8 Å². The molecule has 9 nitrogen and oxygen atoms in total. The van der Waals surface area contributed by atoms with Gasteiger partial charge in [-0.15, -0.1) is 0 Å². The number of nitrogens with one attached hydrogen (secondary N) is 1. The smallest absolute Gasteiger partial charge is 0.288 e. The Morgan fingerprint density at radius 1 is 1.43 bits per heavy atom. The summed E-state index contributed by atoms with van der Waals surface area (Å²) in [4.78, 5) is 29.5. The Morgan fingerprint density at radius 2 is 2.22 bits per heavy atom. The van der Waals surface area contributed by atoms with E-state index in [0.717, 1.165) is 17.8 Å². The van der Waals surface area contributed by atoms with Gasteiger partial charge in [-0.05, 0) is 18.6 Å². The average molecular weight is 317 g/mol. The fourth-order valence-electron chi connectivity index (χ4n) is 1.86. The Hall–Kier alpha value is -3.23. The maximum Gasteiger partial charge on any atom is 0.288 e. The number of ether oxygens (including phenoxy) is 1. The number of carbonyl (C=O) groups is 1. The highest BCUT2D eigenvalue weighted by molar-refractivity contribution is 5.98. The molecule has 0 radical (unpaired) electrons. The van der Waals surface area contributed by atoms with Gasteiger partial charge in [0.2, 0.25) is 5.88 Å². The summed E-state index contributed by atoms with van der Waals surface area (Å²) in [6, 6.07) is 4.60. The van der Waals surface area contributed by atoms with Crippen molar-refractivity contribution in [1.82, 2.24) is 9.97 Å². The third-order valence-electron chi connectivity index (χ3n) is 2.90. The largest absolute Gasteiger partial charge is 0.478 e. The standard InChI is InChI=1S/C14H15N5O4/c1-2-23-12-5-9(3-4-16-12)7-17-14-11(13(15)20)6-10(8-18-14)19(21)22/h3-6,8H,2,7H2,1H3,(H2,15,20)(H,17,18). The second-order valence-electron chi connectivity index (χ2n) is 4.50. The summed E-state index contributed by atoms with van der Waals surface area (Å²) in [5, 5.41) is 13.7. The molecule has 120 valence electrons. The molecule has 2 heterocycles. The summed E-state index contributed by atoms with van der Waals surface area (Å²) in [5.41, 5.74) is 5.75. The van der Waals surface area contributed by atoms with Gasteiger partial charge in [0.05, 0.1) is 17.1 Å². The normalized spacial score (nSPS) is 10.1. The zero-order chi connectivity index (χ0) is 16.8. The van der Waals surface area contributed by atoms with Crippen molar-refractivity contribution in [2.24, 2.45) is 5.73 Å². The predicted octanol–water partition coefficient (Wildman–Crippen LogP) is 1.49. The first-order valence-corrected chi connectivity index (χ1v) is 6.77. The van der Waals surface area contributed by atoms with Crippen molar-refractivity contribution in [2.75, 3.05) is 11.9 Å². The molecule has 0 aliphatic heterocycles. The van der Waals surface area contributed by atoms with E-state index < -0.39 is 10.8 Å². The minimum Gasteiger partial charge on any atom is -0.478 e. The summed E-state index contributed by atoms with van der Waals surface area (Å²) >= 11 is 0. The van der Waals surface area contributed by atoms with E-state index >= 15 is 0 Å². The third kappa shape index (κ3) is 4.13. The third-order valence-corrected chi connectivity index (χ3v) is 2.90. The molecule has 0 bridgehead atoms. The number of nitrogens with two attached hydrogens (primary N) is 1. The van der Waals surface area contributed by atoms with Gasteiger partial charge in [0, 0.05) is 24.9 Å². The molecule has 1 amide bonds. The predicted molar refractivity (Wildman–Crippen MR) is 82.1 cm³/mol. The van der Waals surface area contributed by atoms with Gasteiger partial charge in [-0.3, -0.25) is 14.9 Å². The minimum absolute atomic E-state index is 0.0433. The number of hydrogen-bond donors (Lipinski definition) is 2. The van der Waals surface area contributed by atoms with E-state index in [2.05, 4.69) is 15.3 Å². The van der Waals surface area contributed by atoms with Crippen LogP contribution in [0.25, 0.3) is 0 Å². The first kappa shape index (κ1) is 16.1. The molecule has 9 heteroatoms. The molecule has 0 spiro atoms. The maximum absolute atomic E-state index is 11.4. The first-order chi connectivity index (χ1) is 11.0. The van der Waals surface area contributed by atoms with E-state index in [1.807, 2.05) is 6.92 Å². The minimum atomic E-state index is -0.798. The number of rotatable bonds is 7. The van der Waals surface area contributed by atoms with Gasteiger partial charge in [-0.2, -0.15) is 0 Å². The molecule has 0 atom stereocenters. The Balaban J connectivity index is 2.18. The summed E-state index contributed by atoms with van der Waals surface area (Å²) in [6.45, 7) is 2.68. The van der Waals surface area contributed by atoms with Crippen LogP contribution in [0.15, 0.2) is 30.6 Å². The Kier molecular flexibility index (Phi) is 5.03. The van der Waals surface area contributed by atoms with Gasteiger partial charge in [-0.25, -0.2) is 9.97 Å². The fourth-order valence-corrected chi connectivity index (χ4v) is 1.86. The van der Waals surface area contributed by atoms with Crippen LogP contribution in [0.5, 0.6) is 5.88 Å². The summed E-state index contributed by atoms with van der Waals surface area (Å²) in [5.74, 6) is -0.134. The second kappa shape index (κ2) is 7.16. The molecule has 2 rings (SSSR count). The number of nitrogens with zero attached hydrogens (tertiary/aromatic N) is 3. The van der Waals surface area contributed by atoms with Crippen molar-refractivity contribution in [3.63, 3.8) is 0 Å². The molecule has 2 aromatic heterocycles. The summed E-state index contributed by atoms with van der Waals surface area (Å²) in [7, 11) is 0. The Labute approximate surface area is 131 Å². The number of nitro groups is 1. The second-order valence-corrected chi connectivity index (χ2v) is 4.50. The van der Waals surface area contributed by atoms with E-state index in [0.29, 0.717) is 19.0 Å². The van der Waals surface area contributed by atoms with Gasteiger partial charge >= 0.3 is 0 Å². The lowest BCUT2D eigenvalue weighted by Crippen LogP contribution is -2.16. The van der Waals surface area contributed by atoms with Crippen molar-refractivity contribution >= 4 is 17.4 Å². The number of primary amides is 1. The van der Waals surface area contributed by atoms with Gasteiger partial charge in [0.15, 0.2) is 0 Å². The number of pyridine rings is 2. The van der Waals surface area contributed by atoms with Crippen LogP contribution in [0.4, 0.5) is 11.5 Å². The van der Waals surface area contributed by atoms with Gasteiger partial charge in [0.25, 0.3) is 11.6 Å². The number of aromatic nitrogens is 2. The van der Waals surface area contributed by atoms with E-state index in [1.54, 1.807) is 18.3 Å². The van der Waals surface area contributed by atoms with Crippen molar-refractivity contribution < 1.29 is 14.5 Å². The lowest BCUT2D eigenvalue weighted by atomic mass is 10.2. The quantitative estimate of drug-likeness (QED) is 0.583. The van der Waals surface area contributed by atoms with Crippen LogP contribution in [0, 0.1) is 10.1 Å². The molecule has 0 fully saturated rings. The van der Waals surface area contributed by atoms with E-state index in [1.165, 1.54) is 0 Å². The van der Waals surface area contributed by atoms with Crippen molar-refractivity contribution in [3.05, 3.63) is 51.8 Å². The number of amides is 1. The van der Waals surface area contributed by atoms with Crippen LogP contribution in [-0.4, -0.2) is 27.4 Å². The molecule has 2 aromatic rings. The lowest BCUT2D eigenvalue weighted by Gasteiger charge is -2.09. The molecule has 0 saturated carbocycles. The van der Waals surface area contributed by atoms with E-state index in [4.69, 9.17) is 10.5 Å². The Bertz CT molecular complexity index is 735. The molecular weight excluding hydrogens is 302 g/mol. The van der Waals surface area contributed by atoms with Crippen LogP contribution < -0.4 is 15.8 Å². The highest BCUT2D eigenvalue weighted by Gasteiger charge is 2.16. The maximum atomic E-state index is 11.4. The topological polar surface area (TPSA) is 133 Å². The summed E-state index contributed by atoms with van der Waals surface area (Å²) < 4.78 is 5.30. The molecule has 0 unspecified atom stereocenters. The molecule has 3 N–H and O–H groups in total. The average Bonchev–Trinajstić information content (AvgIpc) is 2.53. The SMILES string of the molecule is CCOc1cc(CNc2ncc([N+](=O)[O-])cc2C(N)=O)ccn1. The van der Waals surface area contributed by atoms with Crippen LogP contribution in [-0.2, 0) is 6.54 Å². The zero-order valence-electron chi connectivity index (χ0n) is 12.4. The first-order valence-electron chi connectivity index (χ1n) is 6.77. The fraction of sp³-hybridized carbons (Fsp3) is 0.214. The summed E-state index contributed by atoms with van der Waals surface area (Å²) in [6.07, 6.45) is 2.66. The molecular formula is C14H15N5O4. The Morgan fingerprint density at radius 3 is 2.87 bits per heavy atom. The number of anilines is 1. The van der Waals surface area contributed by atoms with Crippen LogP contribution >= 0.6 is 0 Å². The van der Waals surface area contributed by atoms with Crippen LogP contribution in [0.3, 0.4) is 0 Å². The zero-order valence-corrected chi connectivity index (χ0v) is 12.4. The molecule has 23 heavy (non-hydrogen) atoms. The van der Waals surface area contributed by atoms with Gasteiger partial charge < -0.3 is 15.8 Å².